The minimum atomic E-state index is 0. The zero-order valence-corrected chi connectivity index (χ0v) is 14.4. The van der Waals surface area contributed by atoms with Crippen LogP contribution in [0.25, 0.3) is 0 Å². The molecule has 21 heavy (non-hydrogen) atoms. The van der Waals surface area contributed by atoms with Crippen molar-refractivity contribution in [3.8, 4) is 0 Å². The zero-order valence-electron chi connectivity index (χ0n) is 12.8. The summed E-state index contributed by atoms with van der Waals surface area (Å²) in [5.41, 5.74) is 0. The Morgan fingerprint density at radius 3 is 2.38 bits per heavy atom. The SMILES string of the molecule is Cl.Cl.O=C(CNCC1CC1)N1CCC(CN2CCCC2)C1. The second kappa shape index (κ2) is 9.19. The Labute approximate surface area is 140 Å². The van der Waals surface area contributed by atoms with Gasteiger partial charge in [0.1, 0.15) is 0 Å². The normalized spacial score (nSPS) is 25.5. The van der Waals surface area contributed by atoms with E-state index in [1.807, 2.05) is 0 Å². The molecule has 1 saturated carbocycles. The topological polar surface area (TPSA) is 35.6 Å². The third kappa shape index (κ3) is 5.93. The number of amides is 1. The van der Waals surface area contributed by atoms with E-state index in [1.165, 1.54) is 51.7 Å². The molecule has 0 bridgehead atoms. The van der Waals surface area contributed by atoms with Crippen molar-refractivity contribution in [1.29, 1.82) is 0 Å². The van der Waals surface area contributed by atoms with Gasteiger partial charge in [-0.15, -0.1) is 24.8 Å². The average molecular weight is 338 g/mol. The Hall–Kier alpha value is -0.0300. The van der Waals surface area contributed by atoms with Crippen molar-refractivity contribution in [2.24, 2.45) is 11.8 Å². The summed E-state index contributed by atoms with van der Waals surface area (Å²) in [4.78, 5) is 16.7. The first-order valence-electron chi connectivity index (χ1n) is 8.02. The van der Waals surface area contributed by atoms with E-state index in [1.54, 1.807) is 0 Å². The van der Waals surface area contributed by atoms with Gasteiger partial charge < -0.3 is 15.1 Å². The van der Waals surface area contributed by atoms with Crippen LogP contribution < -0.4 is 5.32 Å². The lowest BCUT2D eigenvalue weighted by Gasteiger charge is -2.20. The fourth-order valence-electron chi connectivity index (χ4n) is 3.36. The van der Waals surface area contributed by atoms with Crippen LogP contribution >= 0.6 is 24.8 Å². The summed E-state index contributed by atoms with van der Waals surface area (Å²) < 4.78 is 0. The molecule has 0 radical (unpaired) electrons. The van der Waals surface area contributed by atoms with Gasteiger partial charge >= 0.3 is 0 Å². The maximum absolute atomic E-state index is 12.1. The van der Waals surface area contributed by atoms with Crippen LogP contribution in [0.3, 0.4) is 0 Å². The van der Waals surface area contributed by atoms with Crippen LogP contribution in [0.5, 0.6) is 0 Å². The molecule has 1 amide bonds. The molecule has 1 aliphatic carbocycles. The first-order chi connectivity index (χ1) is 9.31. The van der Waals surface area contributed by atoms with Gasteiger partial charge in [0.25, 0.3) is 0 Å². The van der Waals surface area contributed by atoms with Crippen molar-refractivity contribution in [2.45, 2.75) is 32.1 Å². The van der Waals surface area contributed by atoms with Crippen molar-refractivity contribution < 1.29 is 4.79 Å². The van der Waals surface area contributed by atoms with E-state index >= 15 is 0 Å². The Balaban J connectivity index is 0.00000110. The fraction of sp³-hybridized carbons (Fsp3) is 0.933. The Kier molecular flexibility index (Phi) is 8.32. The van der Waals surface area contributed by atoms with E-state index in [-0.39, 0.29) is 24.8 Å². The fourth-order valence-corrected chi connectivity index (χ4v) is 3.36. The third-order valence-electron chi connectivity index (χ3n) is 4.76. The van der Waals surface area contributed by atoms with E-state index in [4.69, 9.17) is 0 Å². The van der Waals surface area contributed by atoms with Crippen molar-refractivity contribution in [3.05, 3.63) is 0 Å². The quantitative estimate of drug-likeness (QED) is 0.802. The Morgan fingerprint density at radius 2 is 1.71 bits per heavy atom. The predicted molar refractivity (Wildman–Crippen MR) is 90.5 cm³/mol. The second-order valence-corrected chi connectivity index (χ2v) is 6.58. The van der Waals surface area contributed by atoms with Crippen LogP contribution in [0.1, 0.15) is 32.1 Å². The summed E-state index contributed by atoms with van der Waals surface area (Å²) in [6.45, 7) is 7.30. The van der Waals surface area contributed by atoms with Crippen molar-refractivity contribution >= 4 is 30.7 Å². The van der Waals surface area contributed by atoms with Crippen molar-refractivity contribution in [2.75, 3.05) is 45.8 Å². The first kappa shape index (κ1) is 19.0. The lowest BCUT2D eigenvalue weighted by atomic mass is 10.1. The van der Waals surface area contributed by atoms with Gasteiger partial charge in [-0.3, -0.25) is 4.79 Å². The van der Waals surface area contributed by atoms with Crippen LogP contribution in [0.4, 0.5) is 0 Å². The van der Waals surface area contributed by atoms with Gasteiger partial charge in [0.15, 0.2) is 0 Å². The largest absolute Gasteiger partial charge is 0.341 e. The predicted octanol–water partition coefficient (Wildman–Crippen LogP) is 1.77. The van der Waals surface area contributed by atoms with E-state index < -0.39 is 0 Å². The first-order valence-corrected chi connectivity index (χ1v) is 8.02. The number of carbonyl (C=O) groups excluding carboxylic acids is 1. The molecule has 3 fully saturated rings. The lowest BCUT2D eigenvalue weighted by molar-refractivity contribution is -0.129. The number of nitrogens with zero attached hydrogens (tertiary/aromatic N) is 2. The molecule has 0 aromatic heterocycles. The van der Waals surface area contributed by atoms with Crippen molar-refractivity contribution in [3.63, 3.8) is 0 Å². The summed E-state index contributed by atoms with van der Waals surface area (Å²) in [6.07, 6.45) is 6.62. The van der Waals surface area contributed by atoms with Gasteiger partial charge in [-0.2, -0.15) is 0 Å². The molecule has 0 aromatic rings. The maximum atomic E-state index is 12.1. The van der Waals surface area contributed by atoms with Crippen LogP contribution in [0.15, 0.2) is 0 Å². The Bertz CT molecular complexity index is 320. The molecule has 2 aliphatic heterocycles. The molecule has 2 saturated heterocycles. The van der Waals surface area contributed by atoms with Crippen molar-refractivity contribution in [1.82, 2.24) is 15.1 Å². The molecule has 1 unspecified atom stereocenters. The van der Waals surface area contributed by atoms with Gasteiger partial charge in [0.2, 0.25) is 5.91 Å². The minimum absolute atomic E-state index is 0. The molecule has 1 N–H and O–H groups in total. The van der Waals surface area contributed by atoms with Gasteiger partial charge in [0.05, 0.1) is 6.54 Å². The molecule has 3 rings (SSSR count). The number of hydrogen-bond donors (Lipinski definition) is 1. The average Bonchev–Trinajstić information content (AvgIpc) is 2.91. The second-order valence-electron chi connectivity index (χ2n) is 6.58. The van der Waals surface area contributed by atoms with Gasteiger partial charge in [-0.25, -0.2) is 0 Å². The number of carbonyl (C=O) groups is 1. The molecular formula is C15H29Cl2N3O. The number of rotatable bonds is 6. The van der Waals surface area contributed by atoms with E-state index in [9.17, 15) is 4.79 Å². The summed E-state index contributed by atoms with van der Waals surface area (Å²) in [6, 6.07) is 0. The molecular weight excluding hydrogens is 309 g/mol. The molecule has 0 spiro atoms. The van der Waals surface area contributed by atoms with Gasteiger partial charge in [-0.05, 0) is 63.6 Å². The number of hydrogen-bond acceptors (Lipinski definition) is 3. The van der Waals surface area contributed by atoms with Crippen LogP contribution in [-0.4, -0.2) is 61.5 Å². The Morgan fingerprint density at radius 1 is 1.00 bits per heavy atom. The van der Waals surface area contributed by atoms with E-state index in [0.717, 1.165) is 25.6 Å². The lowest BCUT2D eigenvalue weighted by Crippen LogP contribution is -2.38. The van der Waals surface area contributed by atoms with Crippen LogP contribution in [0.2, 0.25) is 0 Å². The summed E-state index contributed by atoms with van der Waals surface area (Å²) in [7, 11) is 0. The van der Waals surface area contributed by atoms with E-state index in [0.29, 0.717) is 18.4 Å². The zero-order chi connectivity index (χ0) is 13.1. The summed E-state index contributed by atoms with van der Waals surface area (Å²) in [5.74, 6) is 1.88. The molecule has 3 aliphatic rings. The molecule has 6 heteroatoms. The maximum Gasteiger partial charge on any atom is 0.236 e. The number of halogens is 2. The highest BCUT2D eigenvalue weighted by Gasteiger charge is 2.28. The summed E-state index contributed by atoms with van der Waals surface area (Å²) >= 11 is 0. The monoisotopic (exact) mass is 337 g/mol. The third-order valence-corrected chi connectivity index (χ3v) is 4.76. The highest BCUT2D eigenvalue weighted by molar-refractivity contribution is 5.85. The van der Waals surface area contributed by atoms with Crippen LogP contribution in [0, 0.1) is 11.8 Å². The minimum Gasteiger partial charge on any atom is -0.341 e. The van der Waals surface area contributed by atoms with E-state index in [2.05, 4.69) is 15.1 Å². The molecule has 1 atom stereocenters. The number of likely N-dealkylation sites (tertiary alicyclic amines) is 2. The standard InChI is InChI=1S/C15H27N3O.2ClH/c19-15(10-16-9-13-3-4-13)18-8-5-14(12-18)11-17-6-1-2-7-17;;/h13-14,16H,1-12H2;2*1H. The smallest absolute Gasteiger partial charge is 0.236 e. The van der Waals surface area contributed by atoms with Gasteiger partial charge in [-0.1, -0.05) is 0 Å². The molecule has 2 heterocycles. The molecule has 4 nitrogen and oxygen atoms in total. The molecule has 124 valence electrons. The number of nitrogens with one attached hydrogen (secondary N) is 1. The highest BCUT2D eigenvalue weighted by atomic mass is 35.5. The summed E-state index contributed by atoms with van der Waals surface area (Å²) in [5, 5.41) is 3.31. The van der Waals surface area contributed by atoms with Crippen LogP contribution in [-0.2, 0) is 4.79 Å². The molecule has 0 aromatic carbocycles. The highest BCUT2D eigenvalue weighted by Crippen LogP contribution is 2.27. The van der Waals surface area contributed by atoms with Gasteiger partial charge in [0, 0.05) is 19.6 Å².